The molecule has 0 saturated heterocycles. The van der Waals surface area contributed by atoms with E-state index in [1.54, 1.807) is 7.05 Å². The number of benzene rings is 1. The minimum atomic E-state index is -0.539. The summed E-state index contributed by atoms with van der Waals surface area (Å²) >= 11 is 0. The number of hydrogen-bond donors (Lipinski definition) is 3. The van der Waals surface area contributed by atoms with Crippen LogP contribution in [0.4, 0.5) is 0 Å². The zero-order valence-electron chi connectivity index (χ0n) is 11.4. The summed E-state index contributed by atoms with van der Waals surface area (Å²) in [5, 5.41) is 8.24. The van der Waals surface area contributed by atoms with Crippen molar-refractivity contribution in [3.8, 4) is 0 Å². The maximum Gasteiger partial charge on any atom is 0.242 e. The molecule has 1 unspecified atom stereocenters. The van der Waals surface area contributed by atoms with Gasteiger partial charge in [0.25, 0.3) is 0 Å². The zero-order valence-corrected chi connectivity index (χ0v) is 11.4. The molecule has 19 heavy (non-hydrogen) atoms. The number of amides is 2. The first kappa shape index (κ1) is 15.2. The van der Waals surface area contributed by atoms with Crippen LogP contribution in [-0.4, -0.2) is 38.0 Å². The van der Waals surface area contributed by atoms with Crippen molar-refractivity contribution >= 4 is 11.8 Å². The molecule has 1 aromatic carbocycles. The van der Waals surface area contributed by atoms with Gasteiger partial charge < -0.3 is 16.0 Å². The smallest absolute Gasteiger partial charge is 0.242 e. The van der Waals surface area contributed by atoms with E-state index in [0.29, 0.717) is 13.0 Å². The van der Waals surface area contributed by atoms with Gasteiger partial charge >= 0.3 is 0 Å². The van der Waals surface area contributed by atoms with Gasteiger partial charge in [-0.1, -0.05) is 30.3 Å². The Morgan fingerprint density at radius 3 is 2.47 bits per heavy atom. The van der Waals surface area contributed by atoms with Gasteiger partial charge in [-0.3, -0.25) is 9.59 Å². The predicted octanol–water partition coefficient (Wildman–Crippen LogP) is 0.0694. The highest BCUT2D eigenvalue weighted by atomic mass is 16.2. The maximum atomic E-state index is 11.9. The lowest BCUT2D eigenvalue weighted by Gasteiger charge is -2.18. The van der Waals surface area contributed by atoms with Gasteiger partial charge in [-0.15, -0.1) is 0 Å². The number of likely N-dealkylation sites (N-methyl/N-ethyl adjacent to an activating group) is 2. The van der Waals surface area contributed by atoms with Crippen molar-refractivity contribution in [1.82, 2.24) is 16.0 Å². The van der Waals surface area contributed by atoms with Crippen molar-refractivity contribution in [2.24, 2.45) is 0 Å². The Bertz CT molecular complexity index is 406. The van der Waals surface area contributed by atoms with Crippen LogP contribution < -0.4 is 16.0 Å². The molecule has 0 saturated carbocycles. The first-order valence-electron chi connectivity index (χ1n) is 6.43. The average molecular weight is 263 g/mol. The molecule has 0 radical (unpaired) electrons. The van der Waals surface area contributed by atoms with Crippen molar-refractivity contribution in [2.75, 3.05) is 20.1 Å². The lowest BCUT2D eigenvalue weighted by Crippen LogP contribution is -2.49. The molecule has 0 aliphatic rings. The van der Waals surface area contributed by atoms with Crippen LogP contribution in [-0.2, 0) is 16.0 Å². The fraction of sp³-hybridized carbons (Fsp3) is 0.429. The monoisotopic (exact) mass is 263 g/mol. The van der Waals surface area contributed by atoms with E-state index in [1.807, 2.05) is 37.3 Å². The Morgan fingerprint density at radius 2 is 1.89 bits per heavy atom. The summed E-state index contributed by atoms with van der Waals surface area (Å²) in [5.41, 5.74) is 1.02. The van der Waals surface area contributed by atoms with Crippen molar-refractivity contribution in [2.45, 2.75) is 19.4 Å². The van der Waals surface area contributed by atoms with E-state index >= 15 is 0 Å². The molecule has 104 valence electrons. The van der Waals surface area contributed by atoms with Gasteiger partial charge in [-0.2, -0.15) is 0 Å². The van der Waals surface area contributed by atoms with Gasteiger partial charge in [0, 0.05) is 13.0 Å². The number of nitrogens with one attached hydrogen (secondary N) is 3. The van der Waals surface area contributed by atoms with E-state index in [9.17, 15) is 9.59 Å². The Balaban J connectivity index is 2.69. The zero-order chi connectivity index (χ0) is 14.1. The largest absolute Gasteiger partial charge is 0.355 e. The Morgan fingerprint density at radius 1 is 1.21 bits per heavy atom. The van der Waals surface area contributed by atoms with Crippen molar-refractivity contribution in [1.29, 1.82) is 0 Å². The summed E-state index contributed by atoms with van der Waals surface area (Å²) in [7, 11) is 1.69. The second-order valence-corrected chi connectivity index (χ2v) is 4.23. The van der Waals surface area contributed by atoms with Crippen LogP contribution in [0.3, 0.4) is 0 Å². The van der Waals surface area contributed by atoms with Gasteiger partial charge in [-0.25, -0.2) is 0 Å². The van der Waals surface area contributed by atoms with E-state index < -0.39 is 6.04 Å². The topological polar surface area (TPSA) is 70.2 Å². The van der Waals surface area contributed by atoms with Crippen LogP contribution in [0.5, 0.6) is 0 Å². The predicted molar refractivity (Wildman–Crippen MR) is 74.7 cm³/mol. The Labute approximate surface area is 113 Å². The second-order valence-electron chi connectivity index (χ2n) is 4.23. The molecule has 0 aliphatic heterocycles. The maximum absolute atomic E-state index is 11.9. The summed E-state index contributed by atoms with van der Waals surface area (Å²) < 4.78 is 0. The van der Waals surface area contributed by atoms with Gasteiger partial charge in [0.2, 0.25) is 11.8 Å². The number of carbonyl (C=O) groups is 2. The Hall–Kier alpha value is -1.88. The van der Waals surface area contributed by atoms with Gasteiger partial charge in [0.1, 0.15) is 6.04 Å². The van der Waals surface area contributed by atoms with Crippen LogP contribution in [0, 0.1) is 0 Å². The minimum absolute atomic E-state index is 0.157. The Kier molecular flexibility index (Phi) is 6.60. The molecular weight excluding hydrogens is 242 g/mol. The molecule has 1 atom stereocenters. The second kappa shape index (κ2) is 8.26. The third-order valence-corrected chi connectivity index (χ3v) is 2.62. The third kappa shape index (κ3) is 5.52. The van der Waals surface area contributed by atoms with Crippen LogP contribution in [0.15, 0.2) is 30.3 Å². The number of carbonyl (C=O) groups excluding carboxylic acids is 2. The van der Waals surface area contributed by atoms with E-state index in [-0.39, 0.29) is 18.4 Å². The molecule has 1 aromatic rings. The first-order valence-corrected chi connectivity index (χ1v) is 6.43. The summed E-state index contributed by atoms with van der Waals surface area (Å²) in [5.74, 6) is -0.342. The number of rotatable bonds is 7. The fourth-order valence-electron chi connectivity index (χ4n) is 1.76. The molecule has 3 N–H and O–H groups in total. The summed E-state index contributed by atoms with van der Waals surface area (Å²) in [6, 6.07) is 9.10. The highest BCUT2D eigenvalue weighted by Crippen LogP contribution is 2.03. The van der Waals surface area contributed by atoms with Crippen LogP contribution in [0.25, 0.3) is 0 Å². The number of hydrogen-bond acceptors (Lipinski definition) is 3. The molecule has 0 aliphatic carbocycles. The van der Waals surface area contributed by atoms with E-state index in [1.165, 1.54) is 0 Å². The molecule has 0 heterocycles. The minimum Gasteiger partial charge on any atom is -0.355 e. The molecule has 2 amide bonds. The van der Waals surface area contributed by atoms with E-state index in [4.69, 9.17) is 0 Å². The van der Waals surface area contributed by atoms with Crippen molar-refractivity contribution in [3.63, 3.8) is 0 Å². The third-order valence-electron chi connectivity index (χ3n) is 2.62. The molecule has 0 spiro atoms. The lowest BCUT2D eigenvalue weighted by atomic mass is 10.1. The molecule has 0 aromatic heterocycles. The van der Waals surface area contributed by atoms with Crippen LogP contribution in [0.1, 0.15) is 12.5 Å². The quantitative estimate of drug-likeness (QED) is 0.652. The normalized spacial score (nSPS) is 11.7. The highest BCUT2D eigenvalue weighted by molar-refractivity contribution is 5.88. The molecular formula is C14H21N3O2. The van der Waals surface area contributed by atoms with Gasteiger partial charge in [0.05, 0.1) is 6.54 Å². The van der Waals surface area contributed by atoms with E-state index in [2.05, 4.69) is 16.0 Å². The summed E-state index contributed by atoms with van der Waals surface area (Å²) in [4.78, 5) is 23.5. The van der Waals surface area contributed by atoms with Gasteiger partial charge in [0.15, 0.2) is 0 Å². The van der Waals surface area contributed by atoms with Crippen molar-refractivity contribution in [3.05, 3.63) is 35.9 Å². The first-order chi connectivity index (χ1) is 9.17. The molecule has 1 rings (SSSR count). The van der Waals surface area contributed by atoms with Crippen LogP contribution in [0.2, 0.25) is 0 Å². The van der Waals surface area contributed by atoms with E-state index in [0.717, 1.165) is 5.56 Å². The molecule has 5 heteroatoms. The lowest BCUT2D eigenvalue weighted by molar-refractivity contribution is -0.128. The summed E-state index contributed by atoms with van der Waals surface area (Å²) in [6.07, 6.45) is 0.488. The van der Waals surface area contributed by atoms with Gasteiger partial charge in [-0.05, 0) is 19.5 Å². The molecule has 5 nitrogen and oxygen atoms in total. The fourth-order valence-corrected chi connectivity index (χ4v) is 1.76. The molecule has 0 fully saturated rings. The summed E-state index contributed by atoms with van der Waals surface area (Å²) in [6.45, 7) is 2.60. The molecule has 0 bridgehead atoms. The van der Waals surface area contributed by atoms with Crippen LogP contribution >= 0.6 is 0 Å². The highest BCUT2D eigenvalue weighted by Gasteiger charge is 2.20. The average Bonchev–Trinajstić information content (AvgIpc) is 2.40. The standard InChI is InChI=1S/C14H21N3O2/c1-3-16-14(19)12(17-13(18)10-15-2)9-11-7-5-4-6-8-11/h4-8,12,15H,3,9-10H2,1-2H3,(H,16,19)(H,17,18). The SMILES string of the molecule is CCNC(=O)C(Cc1ccccc1)NC(=O)CNC. The van der Waals surface area contributed by atoms with Crippen molar-refractivity contribution < 1.29 is 9.59 Å².